The van der Waals surface area contributed by atoms with Crippen molar-refractivity contribution in [2.75, 3.05) is 6.61 Å². The fourth-order valence-electron chi connectivity index (χ4n) is 2.92. The molecule has 0 unspecified atom stereocenters. The summed E-state index contributed by atoms with van der Waals surface area (Å²) in [7, 11) is 0. The maximum absolute atomic E-state index is 11.6. The van der Waals surface area contributed by atoms with Gasteiger partial charge in [-0.25, -0.2) is 12.1 Å². The first-order valence-electron chi connectivity index (χ1n) is 10.7. The molecule has 0 fully saturated rings. The minimum Gasteiger partial charge on any atom is -0.718 e. The summed E-state index contributed by atoms with van der Waals surface area (Å²) in [6, 6.07) is 14.7. The van der Waals surface area contributed by atoms with Gasteiger partial charge in [-0.05, 0) is 19.8 Å². The van der Waals surface area contributed by atoms with Crippen LogP contribution in [0.3, 0.4) is 0 Å². The van der Waals surface area contributed by atoms with Crippen LogP contribution in [0.25, 0.3) is 0 Å². The second-order valence-electron chi connectivity index (χ2n) is 7.02. The number of esters is 1. The van der Waals surface area contributed by atoms with Gasteiger partial charge in [0.25, 0.3) is 0 Å². The molecular weight excluding hydrogens is 420 g/mol. The van der Waals surface area contributed by atoms with Crippen molar-refractivity contribution in [1.29, 1.82) is 0 Å². The molecule has 0 aliphatic heterocycles. The van der Waals surface area contributed by atoms with Gasteiger partial charge in [-0.15, -0.1) is 6.42 Å². The Hall–Kier alpha value is -1.97. The van der Waals surface area contributed by atoms with E-state index in [9.17, 15) is 14.4 Å². The fraction of sp³-hybridized carbons (Fsp3) is 0.480. The van der Waals surface area contributed by atoms with Crippen molar-refractivity contribution in [3.8, 4) is 0 Å². The molecule has 0 radical (unpaired) electrons. The Morgan fingerprint density at radius 3 is 2.00 bits per heavy atom. The number of carbonyl (C=O) groups excluding carboxylic acids is 3. The molecule has 4 nitrogen and oxygen atoms in total. The largest absolute Gasteiger partial charge is 0.718 e. The number of unbranched alkanes of at least 4 members (excludes halogenated alkanes) is 5. The first kappa shape index (κ1) is 28.0. The molecule has 0 heterocycles. The maximum Gasteiger partial charge on any atom is 0.303 e. The molecule has 0 atom stereocenters. The molecule has 2 rings (SSSR count). The molecule has 2 aromatic carbocycles. The van der Waals surface area contributed by atoms with Gasteiger partial charge < -0.3 is 44.2 Å². The Morgan fingerprint density at radius 2 is 1.40 bits per heavy atom. The van der Waals surface area contributed by atoms with Gasteiger partial charge in [0.1, 0.15) is 5.78 Å². The zero-order chi connectivity index (χ0) is 21.3. The van der Waals surface area contributed by atoms with Gasteiger partial charge in [-0.3, -0.25) is 10.6 Å². The maximum atomic E-state index is 11.6. The molecule has 0 saturated carbocycles. The predicted molar refractivity (Wildman–Crippen MR) is 117 cm³/mol. The average Bonchev–Trinajstić information content (AvgIpc) is 3.43. The Morgan fingerprint density at radius 1 is 0.800 bits per heavy atom. The van der Waals surface area contributed by atoms with E-state index in [1.165, 1.54) is 32.1 Å². The molecule has 0 saturated heterocycles. The van der Waals surface area contributed by atoms with Crippen LogP contribution in [-0.4, -0.2) is 24.1 Å². The van der Waals surface area contributed by atoms with Crippen molar-refractivity contribution in [3.63, 3.8) is 0 Å². The van der Waals surface area contributed by atoms with Crippen LogP contribution in [0.5, 0.6) is 0 Å². The van der Waals surface area contributed by atoms with E-state index >= 15 is 0 Å². The second-order valence-corrected chi connectivity index (χ2v) is 7.02. The third kappa shape index (κ3) is 12.6. The van der Waals surface area contributed by atoms with Crippen molar-refractivity contribution < 1.29 is 36.2 Å². The quantitative estimate of drug-likeness (QED) is 0.118. The molecule has 0 bridgehead atoms. The van der Waals surface area contributed by atoms with Gasteiger partial charge in [0, 0.05) is 23.5 Å². The topological polar surface area (TPSA) is 60.4 Å². The van der Waals surface area contributed by atoms with E-state index < -0.39 is 0 Å². The number of rotatable bonds is 13. The van der Waals surface area contributed by atoms with Crippen LogP contribution in [0.4, 0.5) is 0 Å². The standard InChI is InChI=1S/C14H21O.C11H13O3.Fe/c1-2-3-4-5-6-7-12-14(15)13-10-8-9-11-13;1-2-14-11(13)8-7-10(12)9-5-3-4-6-9;/h8-11H,2-7,12H2,1H3;3-6H,2,7-8H2,1H3;/q-1;-5;. The van der Waals surface area contributed by atoms with Gasteiger partial charge in [-0.2, -0.15) is 12.1 Å². The van der Waals surface area contributed by atoms with Gasteiger partial charge in [0.15, 0.2) is 0 Å². The summed E-state index contributed by atoms with van der Waals surface area (Å²) < 4.78 is 4.72. The summed E-state index contributed by atoms with van der Waals surface area (Å²) in [6.07, 6.45) is 8.57. The second kappa shape index (κ2) is 17.9. The zero-order valence-electron chi connectivity index (χ0n) is 18.2. The summed E-state index contributed by atoms with van der Waals surface area (Å²) in [5.41, 5.74) is 1.54. The van der Waals surface area contributed by atoms with Gasteiger partial charge in [-0.1, -0.05) is 44.6 Å². The van der Waals surface area contributed by atoms with E-state index in [0.29, 0.717) is 18.0 Å². The van der Waals surface area contributed by atoms with Crippen molar-refractivity contribution in [1.82, 2.24) is 0 Å². The Balaban J connectivity index is 0.000000544. The van der Waals surface area contributed by atoms with Crippen LogP contribution in [0.15, 0.2) is 48.5 Å². The number of hydrogen-bond donors (Lipinski definition) is 0. The van der Waals surface area contributed by atoms with Crippen molar-refractivity contribution in [2.24, 2.45) is 0 Å². The average molecular weight is 454 g/mol. The predicted octanol–water partition coefficient (Wildman–Crippen LogP) is 6.27. The molecule has 172 valence electrons. The zero-order valence-corrected chi connectivity index (χ0v) is 19.3. The molecule has 0 aromatic heterocycles. The van der Waals surface area contributed by atoms with Gasteiger partial charge in [0.05, 0.1) is 6.61 Å². The molecule has 30 heavy (non-hydrogen) atoms. The number of carbonyl (C=O) groups is 3. The summed E-state index contributed by atoms with van der Waals surface area (Å²) in [5.74, 6) is -0.0223. The minimum atomic E-state index is -0.313. The first-order valence-corrected chi connectivity index (χ1v) is 10.7. The van der Waals surface area contributed by atoms with E-state index in [1.54, 1.807) is 31.2 Å². The smallest absolute Gasteiger partial charge is 0.303 e. The van der Waals surface area contributed by atoms with E-state index in [4.69, 9.17) is 4.74 Å². The molecule has 0 amide bonds. The molecule has 2 aromatic rings. The van der Waals surface area contributed by atoms with E-state index in [0.717, 1.165) is 18.4 Å². The fourth-order valence-corrected chi connectivity index (χ4v) is 2.92. The number of ether oxygens (including phenoxy) is 1. The number of hydrogen-bond acceptors (Lipinski definition) is 4. The third-order valence-electron chi connectivity index (χ3n) is 4.59. The van der Waals surface area contributed by atoms with Crippen LogP contribution >= 0.6 is 0 Å². The molecule has 0 N–H and O–H groups in total. The van der Waals surface area contributed by atoms with Crippen molar-refractivity contribution >= 4 is 17.5 Å². The Kier molecular flexibility index (Phi) is 16.7. The van der Waals surface area contributed by atoms with E-state index in [-0.39, 0.29) is 41.7 Å². The number of Topliss-reactive ketones (excluding diaryl/α,β-unsaturated/α-hetero) is 2. The molecule has 0 aliphatic rings. The molecule has 5 heteroatoms. The summed E-state index contributed by atoms with van der Waals surface area (Å²) >= 11 is 0. The van der Waals surface area contributed by atoms with Gasteiger partial charge >= 0.3 is 5.97 Å². The third-order valence-corrected chi connectivity index (χ3v) is 4.59. The van der Waals surface area contributed by atoms with Crippen molar-refractivity contribution in [2.45, 2.75) is 71.6 Å². The summed E-state index contributed by atoms with van der Waals surface area (Å²) in [5, 5.41) is 0. The van der Waals surface area contributed by atoms with Crippen LogP contribution in [-0.2, 0) is 26.6 Å². The normalized spacial score (nSPS) is 9.80. The monoisotopic (exact) mass is 454 g/mol. The van der Waals surface area contributed by atoms with Crippen LogP contribution < -0.4 is 0 Å². The van der Waals surface area contributed by atoms with Crippen molar-refractivity contribution in [3.05, 3.63) is 59.7 Å². The van der Waals surface area contributed by atoms with Crippen LogP contribution in [0, 0.1) is 0 Å². The van der Waals surface area contributed by atoms with E-state index in [2.05, 4.69) is 6.92 Å². The van der Waals surface area contributed by atoms with Crippen LogP contribution in [0.2, 0.25) is 0 Å². The van der Waals surface area contributed by atoms with Crippen LogP contribution in [0.1, 0.15) is 92.4 Å². The first-order chi connectivity index (χ1) is 14.1. The van der Waals surface area contributed by atoms with Gasteiger partial charge in [0.2, 0.25) is 0 Å². The molecule has 0 aliphatic carbocycles. The SMILES string of the molecule is CCCCCCCCC(=O)[c-]1cccc1.CCOC(=O)CCC(=O)[c-]1[cH-][cH-][cH-][cH-]1.[Fe]. The van der Waals surface area contributed by atoms with E-state index in [1.807, 2.05) is 24.3 Å². The molecule has 0 spiro atoms. The summed E-state index contributed by atoms with van der Waals surface area (Å²) in [6.45, 7) is 4.33. The molecular formula is C25H34FeO4-6. The summed E-state index contributed by atoms with van der Waals surface area (Å²) in [4.78, 5) is 33.9. The number of ketones is 2. The Bertz CT molecular complexity index is 687. The Labute approximate surface area is 191 Å². The minimum absolute atomic E-state index is 0.